The van der Waals surface area contributed by atoms with E-state index in [1.165, 1.54) is 39.1 Å². The second-order valence-corrected chi connectivity index (χ2v) is 7.76. The van der Waals surface area contributed by atoms with Gasteiger partial charge < -0.3 is 0 Å². The van der Waals surface area contributed by atoms with Crippen molar-refractivity contribution >= 4 is 43.2 Å². The highest BCUT2D eigenvalue weighted by atomic mass is 79.9. The third-order valence-electron chi connectivity index (χ3n) is 2.94. The SMILES string of the molecule is CCCCc1ccc(C(Br)c2ccc(Br)s2)cc1. The summed E-state index contributed by atoms with van der Waals surface area (Å²) in [6.07, 6.45) is 3.72. The molecule has 0 amide bonds. The largest absolute Gasteiger partial charge is 0.132 e. The minimum absolute atomic E-state index is 0.300. The number of rotatable bonds is 5. The van der Waals surface area contributed by atoms with Gasteiger partial charge in [-0.15, -0.1) is 11.3 Å². The van der Waals surface area contributed by atoms with Crippen LogP contribution in [-0.4, -0.2) is 0 Å². The molecule has 0 saturated heterocycles. The van der Waals surface area contributed by atoms with Crippen molar-refractivity contribution in [1.82, 2.24) is 0 Å². The van der Waals surface area contributed by atoms with Crippen LogP contribution >= 0.6 is 43.2 Å². The molecule has 2 rings (SSSR count). The first-order chi connectivity index (χ1) is 8.70. The van der Waals surface area contributed by atoms with Gasteiger partial charge in [-0.1, -0.05) is 53.5 Å². The van der Waals surface area contributed by atoms with Gasteiger partial charge in [0.1, 0.15) is 0 Å². The molecule has 0 fully saturated rings. The fraction of sp³-hybridized carbons (Fsp3) is 0.333. The normalized spacial score (nSPS) is 12.6. The molecule has 2 aromatic rings. The molecule has 0 aliphatic heterocycles. The standard InChI is InChI=1S/C15H16Br2S/c1-2-3-4-11-5-7-12(8-6-11)15(17)13-9-10-14(16)18-13/h5-10,15H,2-4H2,1H3. The van der Waals surface area contributed by atoms with Gasteiger partial charge in [0.05, 0.1) is 8.61 Å². The van der Waals surface area contributed by atoms with Crippen LogP contribution in [0, 0.1) is 0 Å². The average molecular weight is 388 g/mol. The van der Waals surface area contributed by atoms with E-state index in [-0.39, 0.29) is 0 Å². The Hall–Kier alpha value is -0.120. The summed E-state index contributed by atoms with van der Waals surface area (Å²) in [6.45, 7) is 2.23. The maximum atomic E-state index is 3.77. The first kappa shape index (κ1) is 14.3. The van der Waals surface area contributed by atoms with Crippen molar-refractivity contribution < 1.29 is 0 Å². The van der Waals surface area contributed by atoms with E-state index in [4.69, 9.17) is 0 Å². The number of aryl methyl sites for hydroxylation is 1. The third kappa shape index (κ3) is 3.69. The fourth-order valence-electron chi connectivity index (χ4n) is 1.86. The minimum atomic E-state index is 0.300. The Morgan fingerprint density at radius 2 is 1.83 bits per heavy atom. The highest BCUT2D eigenvalue weighted by Gasteiger charge is 2.12. The molecule has 0 N–H and O–H groups in total. The molecular formula is C15H16Br2S. The molecule has 1 aromatic carbocycles. The van der Waals surface area contributed by atoms with Crippen molar-refractivity contribution in [2.45, 2.75) is 31.0 Å². The highest BCUT2D eigenvalue weighted by Crippen LogP contribution is 2.36. The number of benzene rings is 1. The first-order valence-electron chi connectivity index (χ1n) is 6.19. The summed E-state index contributed by atoms with van der Waals surface area (Å²) in [6, 6.07) is 13.2. The van der Waals surface area contributed by atoms with Crippen LogP contribution in [0.3, 0.4) is 0 Å². The second-order valence-electron chi connectivity index (χ2n) is 4.35. The van der Waals surface area contributed by atoms with Crippen molar-refractivity contribution in [3.05, 3.63) is 56.2 Å². The second kappa shape index (κ2) is 6.88. The van der Waals surface area contributed by atoms with Gasteiger partial charge in [-0.05, 0) is 52.0 Å². The number of unbranched alkanes of at least 4 members (excludes halogenated alkanes) is 1. The zero-order valence-corrected chi connectivity index (χ0v) is 14.3. The van der Waals surface area contributed by atoms with Crippen LogP contribution in [-0.2, 0) is 6.42 Å². The molecule has 0 nitrogen and oxygen atoms in total. The Morgan fingerprint density at radius 1 is 1.11 bits per heavy atom. The number of alkyl halides is 1. The lowest BCUT2D eigenvalue weighted by molar-refractivity contribution is 0.795. The summed E-state index contributed by atoms with van der Waals surface area (Å²) < 4.78 is 1.18. The van der Waals surface area contributed by atoms with Gasteiger partial charge in [0.25, 0.3) is 0 Å². The molecule has 0 radical (unpaired) electrons. The van der Waals surface area contributed by atoms with Crippen LogP contribution in [0.4, 0.5) is 0 Å². The Kier molecular flexibility index (Phi) is 5.46. The predicted molar refractivity (Wildman–Crippen MR) is 87.8 cm³/mol. The van der Waals surface area contributed by atoms with Crippen LogP contribution in [0.5, 0.6) is 0 Å². The van der Waals surface area contributed by atoms with Crippen molar-refractivity contribution in [2.75, 3.05) is 0 Å². The van der Waals surface area contributed by atoms with Crippen molar-refractivity contribution in [3.63, 3.8) is 0 Å². The Labute approximate surface area is 130 Å². The lowest BCUT2D eigenvalue weighted by Crippen LogP contribution is -1.91. The smallest absolute Gasteiger partial charge is 0.0738 e. The number of halogens is 2. The number of thiophene rings is 1. The Morgan fingerprint density at radius 3 is 2.39 bits per heavy atom. The van der Waals surface area contributed by atoms with Gasteiger partial charge in [-0.3, -0.25) is 0 Å². The maximum absolute atomic E-state index is 3.77. The topological polar surface area (TPSA) is 0 Å². The third-order valence-corrected chi connectivity index (χ3v) is 5.95. The summed E-state index contributed by atoms with van der Waals surface area (Å²) in [5, 5.41) is 0. The molecule has 1 unspecified atom stereocenters. The monoisotopic (exact) mass is 386 g/mol. The van der Waals surface area contributed by atoms with Gasteiger partial charge in [0, 0.05) is 4.88 Å². The summed E-state index contributed by atoms with van der Waals surface area (Å²) in [5.41, 5.74) is 2.76. The van der Waals surface area contributed by atoms with Crippen molar-refractivity contribution in [2.24, 2.45) is 0 Å². The van der Waals surface area contributed by atoms with Gasteiger partial charge in [-0.2, -0.15) is 0 Å². The van der Waals surface area contributed by atoms with Gasteiger partial charge in [0.15, 0.2) is 0 Å². The fourth-order valence-corrected chi connectivity index (χ4v) is 4.03. The van der Waals surface area contributed by atoms with Crippen molar-refractivity contribution in [1.29, 1.82) is 0 Å². The predicted octanol–water partition coefficient (Wildman–Crippen LogP) is 6.34. The number of hydrogen-bond acceptors (Lipinski definition) is 1. The lowest BCUT2D eigenvalue weighted by atomic mass is 10.0. The van der Waals surface area contributed by atoms with E-state index in [1.807, 2.05) is 0 Å². The summed E-state index contributed by atoms with van der Waals surface area (Å²) >= 11 is 9.06. The maximum Gasteiger partial charge on any atom is 0.0738 e. The minimum Gasteiger partial charge on any atom is -0.132 e. The molecule has 0 bridgehead atoms. The Bertz CT molecular complexity index is 487. The quantitative estimate of drug-likeness (QED) is 0.525. The van der Waals surface area contributed by atoms with Gasteiger partial charge >= 0.3 is 0 Å². The molecule has 0 aliphatic carbocycles. The molecule has 3 heteroatoms. The van der Waals surface area contributed by atoms with E-state index < -0.39 is 0 Å². The van der Waals surface area contributed by atoms with Gasteiger partial charge in [-0.25, -0.2) is 0 Å². The summed E-state index contributed by atoms with van der Waals surface area (Å²) in [4.78, 5) is 1.64. The van der Waals surface area contributed by atoms with E-state index in [0.29, 0.717) is 4.83 Å². The van der Waals surface area contributed by atoms with Gasteiger partial charge in [0.2, 0.25) is 0 Å². The molecule has 0 spiro atoms. The van der Waals surface area contributed by atoms with Crippen molar-refractivity contribution in [3.8, 4) is 0 Å². The molecule has 0 saturated carbocycles. The molecule has 0 aliphatic rings. The van der Waals surface area contributed by atoms with E-state index in [0.717, 1.165) is 0 Å². The molecule has 18 heavy (non-hydrogen) atoms. The molecule has 1 aromatic heterocycles. The Balaban J connectivity index is 2.09. The zero-order valence-electron chi connectivity index (χ0n) is 10.3. The van der Waals surface area contributed by atoms with Crippen LogP contribution in [0.25, 0.3) is 0 Å². The summed E-state index contributed by atoms with van der Waals surface area (Å²) in [7, 11) is 0. The van der Waals surface area contributed by atoms with Crippen LogP contribution in [0.1, 0.15) is 40.6 Å². The molecule has 1 heterocycles. The van der Waals surface area contributed by atoms with E-state index in [2.05, 4.69) is 75.2 Å². The molecular weight excluding hydrogens is 372 g/mol. The average Bonchev–Trinajstić information content (AvgIpc) is 2.83. The van der Waals surface area contributed by atoms with E-state index in [9.17, 15) is 0 Å². The zero-order chi connectivity index (χ0) is 13.0. The van der Waals surface area contributed by atoms with Crippen LogP contribution < -0.4 is 0 Å². The van der Waals surface area contributed by atoms with Crippen LogP contribution in [0.15, 0.2) is 40.2 Å². The molecule has 1 atom stereocenters. The van der Waals surface area contributed by atoms with Crippen LogP contribution in [0.2, 0.25) is 0 Å². The summed E-state index contributed by atoms with van der Waals surface area (Å²) in [5.74, 6) is 0. The van der Waals surface area contributed by atoms with E-state index >= 15 is 0 Å². The van der Waals surface area contributed by atoms with E-state index in [1.54, 1.807) is 11.3 Å². The lowest BCUT2D eigenvalue weighted by Gasteiger charge is -2.09. The highest BCUT2D eigenvalue weighted by molar-refractivity contribution is 9.11. The number of hydrogen-bond donors (Lipinski definition) is 0. The first-order valence-corrected chi connectivity index (χ1v) is 8.71. The molecule has 96 valence electrons.